The van der Waals surface area contributed by atoms with Crippen LogP contribution < -0.4 is 0 Å². The summed E-state index contributed by atoms with van der Waals surface area (Å²) in [7, 11) is 0. The molecule has 0 aromatic heterocycles. The average molecular weight is 385 g/mol. The summed E-state index contributed by atoms with van der Waals surface area (Å²) in [4.78, 5) is 0. The summed E-state index contributed by atoms with van der Waals surface area (Å²) in [5, 5.41) is 0.599. The third-order valence-corrected chi connectivity index (χ3v) is 5.59. The molecule has 0 amide bonds. The summed E-state index contributed by atoms with van der Waals surface area (Å²) < 4.78 is 29.0. The van der Waals surface area contributed by atoms with E-state index in [1.54, 1.807) is 24.3 Å². The lowest BCUT2D eigenvalue weighted by molar-refractivity contribution is 0.311. The normalized spacial score (nSPS) is 19.2. The topological polar surface area (TPSA) is 0 Å². The van der Waals surface area contributed by atoms with Crippen molar-refractivity contribution < 1.29 is 8.78 Å². The van der Waals surface area contributed by atoms with Crippen LogP contribution in [-0.2, 0) is 0 Å². The monoisotopic (exact) mass is 384 g/mol. The number of allylic oxidation sites excluding steroid dienone is 1. The Bertz CT molecular complexity index is 827. The van der Waals surface area contributed by atoms with Crippen LogP contribution in [0.4, 0.5) is 8.78 Å². The van der Waals surface area contributed by atoms with Crippen molar-refractivity contribution in [3.8, 4) is 11.8 Å². The summed E-state index contributed by atoms with van der Waals surface area (Å²) in [6, 6.07) is 9.78. The van der Waals surface area contributed by atoms with E-state index in [4.69, 9.17) is 11.6 Å². The molecule has 0 atom stereocenters. The minimum Gasteiger partial charge on any atom is -0.206 e. The molecule has 0 nitrogen and oxygen atoms in total. The van der Waals surface area contributed by atoms with Gasteiger partial charge in [0.15, 0.2) is 0 Å². The van der Waals surface area contributed by atoms with E-state index in [1.165, 1.54) is 12.1 Å². The first-order chi connectivity index (χ1) is 13.1. The molecule has 140 valence electrons. The van der Waals surface area contributed by atoms with Gasteiger partial charge in [-0.15, -0.1) is 6.58 Å². The molecule has 0 heterocycles. The van der Waals surface area contributed by atoms with Crippen LogP contribution in [0.15, 0.2) is 49.1 Å². The lowest BCUT2D eigenvalue weighted by Gasteiger charge is -2.28. The van der Waals surface area contributed by atoms with Crippen molar-refractivity contribution in [1.82, 2.24) is 0 Å². The molecular formula is C24H23ClF2. The van der Waals surface area contributed by atoms with Gasteiger partial charge >= 0.3 is 0 Å². The van der Waals surface area contributed by atoms with E-state index in [-0.39, 0.29) is 11.5 Å². The predicted molar refractivity (Wildman–Crippen MR) is 108 cm³/mol. The number of hydrogen-bond donors (Lipinski definition) is 0. The summed E-state index contributed by atoms with van der Waals surface area (Å²) in [6.07, 6.45) is 8.35. The largest absolute Gasteiger partial charge is 0.206 e. The van der Waals surface area contributed by atoms with E-state index in [9.17, 15) is 8.78 Å². The first-order valence-corrected chi connectivity index (χ1v) is 9.82. The van der Waals surface area contributed by atoms with Crippen molar-refractivity contribution in [2.45, 2.75) is 44.4 Å². The van der Waals surface area contributed by atoms with Gasteiger partial charge in [0.05, 0.1) is 5.56 Å². The maximum atomic E-state index is 14.5. The third-order valence-electron chi connectivity index (χ3n) is 5.34. The Kier molecular flexibility index (Phi) is 6.69. The van der Waals surface area contributed by atoms with Crippen molar-refractivity contribution in [3.63, 3.8) is 0 Å². The number of benzene rings is 2. The Balaban J connectivity index is 1.72. The van der Waals surface area contributed by atoms with E-state index in [1.807, 2.05) is 6.08 Å². The summed E-state index contributed by atoms with van der Waals surface area (Å²) in [6.45, 7) is 3.77. The molecule has 3 heteroatoms. The van der Waals surface area contributed by atoms with Crippen LogP contribution in [0.5, 0.6) is 0 Å². The molecule has 0 unspecified atom stereocenters. The zero-order valence-electron chi connectivity index (χ0n) is 15.3. The zero-order valence-corrected chi connectivity index (χ0v) is 16.0. The van der Waals surface area contributed by atoms with E-state index < -0.39 is 11.6 Å². The van der Waals surface area contributed by atoms with Crippen molar-refractivity contribution in [1.29, 1.82) is 0 Å². The molecule has 0 N–H and O–H groups in total. The van der Waals surface area contributed by atoms with Gasteiger partial charge in [0.2, 0.25) is 0 Å². The minimum absolute atomic E-state index is 0.173. The standard InChI is InChI=1S/C24H23ClF2/c1-2-3-4-17-5-10-19(11-6-17)20-15-23(26)22(24(27)16-20)14-9-18-7-12-21(25)13-8-18/h2,7-8,12-13,15-17,19H,1,3-6,10-11H2/t17-,19-. The Morgan fingerprint density at radius 3 is 2.22 bits per heavy atom. The molecule has 3 rings (SSSR count). The van der Waals surface area contributed by atoms with E-state index in [0.717, 1.165) is 44.1 Å². The van der Waals surface area contributed by atoms with Gasteiger partial charge in [-0.3, -0.25) is 0 Å². The molecule has 2 aromatic rings. The highest BCUT2D eigenvalue weighted by Crippen LogP contribution is 2.38. The maximum absolute atomic E-state index is 14.5. The lowest BCUT2D eigenvalue weighted by Crippen LogP contribution is -2.14. The molecule has 1 fully saturated rings. The number of rotatable bonds is 4. The Morgan fingerprint density at radius 1 is 1.00 bits per heavy atom. The average Bonchev–Trinajstić information content (AvgIpc) is 2.67. The van der Waals surface area contributed by atoms with Gasteiger partial charge in [0.25, 0.3) is 0 Å². The highest BCUT2D eigenvalue weighted by atomic mass is 35.5. The lowest BCUT2D eigenvalue weighted by atomic mass is 9.77. The second kappa shape index (κ2) is 9.20. The van der Waals surface area contributed by atoms with Crippen LogP contribution in [0.3, 0.4) is 0 Å². The van der Waals surface area contributed by atoms with Crippen molar-refractivity contribution >= 4 is 11.6 Å². The molecule has 1 aliphatic rings. The van der Waals surface area contributed by atoms with Crippen molar-refractivity contribution in [3.05, 3.63) is 82.4 Å². The highest BCUT2D eigenvalue weighted by Gasteiger charge is 2.23. The van der Waals surface area contributed by atoms with E-state index in [0.29, 0.717) is 16.5 Å². The SMILES string of the molecule is C=CCC[C@H]1CC[C@H](c2cc(F)c(C#Cc3ccc(Cl)cc3)c(F)c2)CC1. The summed E-state index contributed by atoms with van der Waals surface area (Å²) >= 11 is 5.83. The summed E-state index contributed by atoms with van der Waals surface area (Å²) in [5.41, 5.74) is 1.25. The fourth-order valence-electron chi connectivity index (χ4n) is 3.75. The van der Waals surface area contributed by atoms with E-state index in [2.05, 4.69) is 18.4 Å². The molecule has 2 aromatic carbocycles. The molecule has 1 saturated carbocycles. The van der Waals surface area contributed by atoms with Crippen LogP contribution >= 0.6 is 11.6 Å². The van der Waals surface area contributed by atoms with Gasteiger partial charge in [-0.1, -0.05) is 29.5 Å². The van der Waals surface area contributed by atoms with Gasteiger partial charge in [-0.05, 0) is 92.3 Å². The Hall–Kier alpha value is -2.11. The Morgan fingerprint density at radius 2 is 1.63 bits per heavy atom. The maximum Gasteiger partial charge on any atom is 0.142 e. The third kappa shape index (κ3) is 5.21. The van der Waals surface area contributed by atoms with Crippen LogP contribution in [0.25, 0.3) is 0 Å². The van der Waals surface area contributed by atoms with Gasteiger partial charge in [0.1, 0.15) is 11.6 Å². The molecule has 0 saturated heterocycles. The smallest absolute Gasteiger partial charge is 0.142 e. The first-order valence-electron chi connectivity index (χ1n) is 9.44. The number of halogens is 3. The van der Waals surface area contributed by atoms with Gasteiger partial charge in [-0.2, -0.15) is 0 Å². The molecule has 27 heavy (non-hydrogen) atoms. The highest BCUT2D eigenvalue weighted by molar-refractivity contribution is 6.30. The quantitative estimate of drug-likeness (QED) is 0.384. The molecular weight excluding hydrogens is 362 g/mol. The Labute approximate surface area is 165 Å². The zero-order chi connectivity index (χ0) is 19.2. The molecule has 0 radical (unpaired) electrons. The predicted octanol–water partition coefficient (Wildman–Crippen LogP) is 7.26. The van der Waals surface area contributed by atoms with Crippen molar-refractivity contribution in [2.75, 3.05) is 0 Å². The van der Waals surface area contributed by atoms with Gasteiger partial charge < -0.3 is 0 Å². The molecule has 0 bridgehead atoms. The van der Waals surface area contributed by atoms with Crippen molar-refractivity contribution in [2.24, 2.45) is 5.92 Å². The van der Waals surface area contributed by atoms with Gasteiger partial charge in [0, 0.05) is 10.6 Å². The fraction of sp³-hybridized carbons (Fsp3) is 0.333. The first kappa shape index (κ1) is 19.6. The number of hydrogen-bond acceptors (Lipinski definition) is 0. The molecule has 1 aliphatic carbocycles. The second-order valence-corrected chi connectivity index (χ2v) is 7.64. The molecule has 0 spiro atoms. The van der Waals surface area contributed by atoms with Crippen LogP contribution in [-0.4, -0.2) is 0 Å². The molecule has 0 aliphatic heterocycles. The van der Waals surface area contributed by atoms with Crippen LogP contribution in [0.1, 0.15) is 61.1 Å². The fourth-order valence-corrected chi connectivity index (χ4v) is 3.88. The summed E-state index contributed by atoms with van der Waals surface area (Å²) in [5.74, 6) is 5.19. The second-order valence-electron chi connectivity index (χ2n) is 7.20. The van der Waals surface area contributed by atoms with Gasteiger partial charge in [-0.25, -0.2) is 8.78 Å². The minimum atomic E-state index is -0.583. The van der Waals surface area contributed by atoms with E-state index >= 15 is 0 Å². The van der Waals surface area contributed by atoms with Crippen LogP contribution in [0, 0.1) is 29.4 Å². The van der Waals surface area contributed by atoms with Crippen LogP contribution in [0.2, 0.25) is 5.02 Å².